The van der Waals surface area contributed by atoms with E-state index in [0.29, 0.717) is 0 Å². The Morgan fingerprint density at radius 1 is 1.33 bits per heavy atom. The van der Waals surface area contributed by atoms with E-state index >= 15 is 0 Å². The quantitative estimate of drug-likeness (QED) is 0.710. The highest BCUT2D eigenvalue weighted by Gasteiger charge is 2.24. The van der Waals surface area contributed by atoms with Gasteiger partial charge in [-0.05, 0) is 67.7 Å². The monoisotopic (exact) mass is 456 g/mol. The van der Waals surface area contributed by atoms with E-state index in [2.05, 4.69) is 52.9 Å². The summed E-state index contributed by atoms with van der Waals surface area (Å²) in [5.41, 5.74) is 1.62. The van der Waals surface area contributed by atoms with Gasteiger partial charge < -0.3 is 5.11 Å². The maximum Gasteiger partial charge on any atom is 0.124 e. The number of hydrogen-bond donors (Lipinski definition) is 1. The molecular weight excluding hydrogens is 448 g/mol. The highest BCUT2D eigenvalue weighted by atomic mass is 79.9. The topological polar surface area (TPSA) is 38.0 Å². The number of aromatic nitrogens is 2. The molecule has 0 fully saturated rings. The fourth-order valence-corrected chi connectivity index (χ4v) is 5.08. The molecule has 0 spiro atoms. The number of aliphatic hydroxyl groups is 1. The van der Waals surface area contributed by atoms with E-state index in [1.54, 1.807) is 17.5 Å². The first-order chi connectivity index (χ1) is 8.41. The van der Waals surface area contributed by atoms with Gasteiger partial charge in [-0.25, -0.2) is 0 Å². The van der Waals surface area contributed by atoms with Crippen LogP contribution < -0.4 is 0 Å². The molecule has 2 aromatic rings. The van der Waals surface area contributed by atoms with Gasteiger partial charge >= 0.3 is 0 Å². The maximum atomic E-state index is 10.6. The van der Waals surface area contributed by atoms with Crippen molar-refractivity contribution in [3.63, 3.8) is 0 Å². The lowest BCUT2D eigenvalue weighted by molar-refractivity contribution is 0.204. The van der Waals surface area contributed by atoms with Crippen LogP contribution in [0.25, 0.3) is 0 Å². The highest BCUT2D eigenvalue weighted by molar-refractivity contribution is 9.12. The van der Waals surface area contributed by atoms with Crippen molar-refractivity contribution in [3.05, 3.63) is 35.6 Å². The first kappa shape index (κ1) is 14.7. The molecular formula is C11H11Br3N2OS. The molecule has 0 radical (unpaired) electrons. The van der Waals surface area contributed by atoms with Gasteiger partial charge in [-0.2, -0.15) is 5.10 Å². The van der Waals surface area contributed by atoms with Crippen LogP contribution in [0.1, 0.15) is 37.3 Å². The zero-order valence-corrected chi connectivity index (χ0v) is 15.3. The van der Waals surface area contributed by atoms with Gasteiger partial charge in [0.25, 0.3) is 0 Å². The molecule has 0 bridgehead atoms. The Morgan fingerprint density at radius 3 is 2.50 bits per heavy atom. The van der Waals surface area contributed by atoms with Crippen molar-refractivity contribution in [2.24, 2.45) is 0 Å². The number of halogens is 3. The van der Waals surface area contributed by atoms with Crippen LogP contribution in [0.4, 0.5) is 0 Å². The third-order valence-electron chi connectivity index (χ3n) is 2.51. The average molecular weight is 459 g/mol. The SMILES string of the molecule is CC(C)n1ncc(Br)c1C(O)c1cc(Br)sc1Br. The fourth-order valence-electron chi connectivity index (χ4n) is 1.70. The second-order valence-electron chi connectivity index (χ2n) is 4.10. The van der Waals surface area contributed by atoms with Crippen LogP contribution in [0, 0.1) is 0 Å². The summed E-state index contributed by atoms with van der Waals surface area (Å²) in [6.07, 6.45) is 1.01. The van der Waals surface area contributed by atoms with E-state index in [0.717, 1.165) is 23.3 Å². The third kappa shape index (κ3) is 2.75. The Balaban J connectivity index is 2.48. The van der Waals surface area contributed by atoms with E-state index < -0.39 is 6.10 Å². The second kappa shape index (κ2) is 5.75. The van der Waals surface area contributed by atoms with Gasteiger partial charge in [0.2, 0.25) is 0 Å². The van der Waals surface area contributed by atoms with Crippen LogP contribution in [-0.2, 0) is 0 Å². The summed E-state index contributed by atoms with van der Waals surface area (Å²) >= 11 is 11.9. The lowest BCUT2D eigenvalue weighted by Gasteiger charge is -2.16. The first-order valence-electron chi connectivity index (χ1n) is 5.27. The van der Waals surface area contributed by atoms with Crippen molar-refractivity contribution >= 4 is 59.1 Å². The summed E-state index contributed by atoms with van der Waals surface area (Å²) in [7, 11) is 0. The Morgan fingerprint density at radius 2 is 2.00 bits per heavy atom. The van der Waals surface area contributed by atoms with Crippen LogP contribution in [0.2, 0.25) is 0 Å². The summed E-state index contributed by atoms with van der Waals surface area (Å²) < 4.78 is 4.55. The normalized spacial score (nSPS) is 13.3. The van der Waals surface area contributed by atoms with Gasteiger partial charge in [0.15, 0.2) is 0 Å². The molecule has 0 saturated heterocycles. The van der Waals surface area contributed by atoms with Gasteiger partial charge in [0.05, 0.1) is 23.9 Å². The third-order valence-corrected chi connectivity index (χ3v) is 5.51. The lowest BCUT2D eigenvalue weighted by Crippen LogP contribution is -2.12. The van der Waals surface area contributed by atoms with Crippen molar-refractivity contribution in [1.82, 2.24) is 9.78 Å². The maximum absolute atomic E-state index is 10.6. The Bertz CT molecular complexity index is 565. The first-order valence-corrected chi connectivity index (χ1v) is 8.47. The molecule has 1 unspecified atom stereocenters. The van der Waals surface area contributed by atoms with Gasteiger partial charge in [0.1, 0.15) is 6.10 Å². The summed E-state index contributed by atoms with van der Waals surface area (Å²) in [4.78, 5) is 0. The van der Waals surface area contributed by atoms with Gasteiger partial charge in [-0.3, -0.25) is 4.68 Å². The largest absolute Gasteiger partial charge is 0.382 e. The van der Waals surface area contributed by atoms with E-state index in [1.165, 1.54) is 0 Å². The molecule has 18 heavy (non-hydrogen) atoms. The van der Waals surface area contributed by atoms with Crippen molar-refractivity contribution < 1.29 is 5.11 Å². The minimum Gasteiger partial charge on any atom is -0.382 e. The molecule has 98 valence electrons. The fraction of sp³-hybridized carbons (Fsp3) is 0.364. The molecule has 3 nitrogen and oxygen atoms in total. The molecule has 0 aliphatic carbocycles. The summed E-state index contributed by atoms with van der Waals surface area (Å²) in [6, 6.07) is 2.12. The number of hydrogen-bond acceptors (Lipinski definition) is 3. The van der Waals surface area contributed by atoms with Crippen LogP contribution in [0.15, 0.2) is 24.3 Å². The highest BCUT2D eigenvalue weighted by Crippen LogP contribution is 2.39. The zero-order chi connectivity index (χ0) is 13.4. The summed E-state index contributed by atoms with van der Waals surface area (Å²) in [5, 5.41) is 14.8. The van der Waals surface area contributed by atoms with Gasteiger partial charge in [-0.1, -0.05) is 0 Å². The number of nitrogens with zero attached hydrogens (tertiary/aromatic N) is 2. The molecule has 1 atom stereocenters. The molecule has 0 amide bonds. The van der Waals surface area contributed by atoms with Crippen molar-refractivity contribution in [1.29, 1.82) is 0 Å². The molecule has 2 rings (SSSR count). The molecule has 7 heteroatoms. The van der Waals surface area contributed by atoms with E-state index in [1.807, 2.05) is 24.6 Å². The zero-order valence-electron chi connectivity index (χ0n) is 9.69. The molecule has 0 aliphatic rings. The van der Waals surface area contributed by atoms with Crippen LogP contribution >= 0.6 is 59.1 Å². The molecule has 1 N–H and O–H groups in total. The van der Waals surface area contributed by atoms with E-state index in [-0.39, 0.29) is 6.04 Å². The van der Waals surface area contributed by atoms with Crippen LogP contribution in [0.5, 0.6) is 0 Å². The van der Waals surface area contributed by atoms with Gasteiger partial charge in [0, 0.05) is 11.6 Å². The molecule has 2 heterocycles. The number of aliphatic hydroxyl groups excluding tert-OH is 1. The Hall–Kier alpha value is 0.310. The van der Waals surface area contributed by atoms with E-state index in [9.17, 15) is 5.11 Å². The molecule has 0 aliphatic heterocycles. The smallest absolute Gasteiger partial charge is 0.124 e. The predicted molar refractivity (Wildman–Crippen MR) is 84.1 cm³/mol. The van der Waals surface area contributed by atoms with Crippen LogP contribution in [-0.4, -0.2) is 14.9 Å². The Labute approximate surface area is 135 Å². The van der Waals surface area contributed by atoms with Crippen molar-refractivity contribution in [3.8, 4) is 0 Å². The van der Waals surface area contributed by atoms with Crippen LogP contribution in [0.3, 0.4) is 0 Å². The standard InChI is InChI=1S/C11H11Br3N2OS/c1-5(2)16-9(7(12)4-15-16)10(17)6-3-8(13)18-11(6)14/h3-5,10,17H,1-2H3. The number of rotatable bonds is 3. The second-order valence-corrected chi connectivity index (χ2v) is 8.70. The number of thiophene rings is 1. The predicted octanol–water partition coefficient (Wildman–Crippen LogP) is 4.89. The minimum absolute atomic E-state index is 0.196. The molecule has 0 saturated carbocycles. The van der Waals surface area contributed by atoms with Crippen molar-refractivity contribution in [2.75, 3.05) is 0 Å². The van der Waals surface area contributed by atoms with Crippen molar-refractivity contribution in [2.45, 2.75) is 26.0 Å². The minimum atomic E-state index is -0.707. The average Bonchev–Trinajstić information content (AvgIpc) is 2.81. The summed E-state index contributed by atoms with van der Waals surface area (Å²) in [6.45, 7) is 4.07. The lowest BCUT2D eigenvalue weighted by atomic mass is 10.1. The van der Waals surface area contributed by atoms with E-state index in [4.69, 9.17) is 0 Å². The molecule has 2 aromatic heterocycles. The Kier molecular flexibility index (Phi) is 4.70. The summed E-state index contributed by atoms with van der Waals surface area (Å²) in [5.74, 6) is 0. The molecule has 0 aromatic carbocycles. The van der Waals surface area contributed by atoms with Gasteiger partial charge in [-0.15, -0.1) is 11.3 Å².